The van der Waals surface area contributed by atoms with E-state index < -0.39 is 6.10 Å². The Morgan fingerprint density at radius 1 is 1.69 bits per heavy atom. The molecule has 0 radical (unpaired) electrons. The van der Waals surface area contributed by atoms with Crippen molar-refractivity contribution in [2.45, 2.75) is 38.8 Å². The van der Waals surface area contributed by atoms with Crippen LogP contribution in [0.15, 0.2) is 5.38 Å². The number of nitrogens with two attached hydrogens (primary N) is 1. The van der Waals surface area contributed by atoms with Gasteiger partial charge in [0.15, 0.2) is 5.13 Å². The van der Waals surface area contributed by atoms with Crippen molar-refractivity contribution in [3.8, 4) is 0 Å². The average Bonchev–Trinajstić information content (AvgIpc) is 2.48. The molecule has 1 heterocycles. The Hall–Kier alpha value is -1.14. The van der Waals surface area contributed by atoms with Gasteiger partial charge in [0.05, 0.1) is 18.2 Å². The first-order valence-electron chi connectivity index (χ1n) is 5.14. The Labute approximate surface area is 98.7 Å². The highest BCUT2D eigenvalue weighted by atomic mass is 32.1. The van der Waals surface area contributed by atoms with Crippen LogP contribution in [0.5, 0.6) is 0 Å². The predicted molar refractivity (Wildman–Crippen MR) is 64.1 cm³/mol. The van der Waals surface area contributed by atoms with Gasteiger partial charge >= 0.3 is 0 Å². The molecule has 6 heteroatoms. The minimum atomic E-state index is -0.412. The summed E-state index contributed by atoms with van der Waals surface area (Å²) in [6, 6.07) is -0.0384. The summed E-state index contributed by atoms with van der Waals surface area (Å²) in [4.78, 5) is 15.5. The zero-order valence-electron chi connectivity index (χ0n) is 9.43. The standard InChI is InChI=1S/C10H17N3O2S/c1-6(3-7(2)14)12-9(15)4-8-5-16-10(11)13-8/h5-7,14H,3-4H2,1-2H3,(H2,11,13)(H,12,15). The molecule has 2 atom stereocenters. The predicted octanol–water partition coefficient (Wildman–Crippen LogP) is 0.543. The number of anilines is 1. The van der Waals surface area contributed by atoms with Gasteiger partial charge in [0, 0.05) is 11.4 Å². The lowest BCUT2D eigenvalue weighted by Crippen LogP contribution is -2.35. The van der Waals surface area contributed by atoms with Gasteiger partial charge in [-0.25, -0.2) is 4.98 Å². The molecule has 0 saturated carbocycles. The number of amides is 1. The lowest BCUT2D eigenvalue weighted by molar-refractivity contribution is -0.121. The number of thiazole rings is 1. The van der Waals surface area contributed by atoms with E-state index in [0.29, 0.717) is 17.2 Å². The van der Waals surface area contributed by atoms with Crippen LogP contribution in [0.2, 0.25) is 0 Å². The molecule has 0 aliphatic rings. The summed E-state index contributed by atoms with van der Waals surface area (Å²) in [5, 5.41) is 14.2. The molecule has 0 aliphatic heterocycles. The van der Waals surface area contributed by atoms with Crippen molar-refractivity contribution in [2.75, 3.05) is 5.73 Å². The maximum absolute atomic E-state index is 11.5. The summed E-state index contributed by atoms with van der Waals surface area (Å²) in [6.07, 6.45) is 0.369. The topological polar surface area (TPSA) is 88.2 Å². The van der Waals surface area contributed by atoms with Crippen LogP contribution in [0.1, 0.15) is 26.0 Å². The van der Waals surface area contributed by atoms with Crippen molar-refractivity contribution in [2.24, 2.45) is 0 Å². The summed E-state index contributed by atoms with van der Waals surface area (Å²) >= 11 is 1.32. The van der Waals surface area contributed by atoms with Gasteiger partial charge in [-0.3, -0.25) is 4.79 Å². The second kappa shape index (κ2) is 5.81. The molecule has 0 fully saturated rings. The number of nitrogen functional groups attached to an aromatic ring is 1. The Kier molecular flexibility index (Phi) is 4.70. The molecule has 1 amide bonds. The Morgan fingerprint density at radius 2 is 2.38 bits per heavy atom. The highest BCUT2D eigenvalue weighted by Gasteiger charge is 2.11. The van der Waals surface area contributed by atoms with Crippen LogP contribution >= 0.6 is 11.3 Å². The molecule has 1 aromatic rings. The minimum Gasteiger partial charge on any atom is -0.393 e. The third kappa shape index (κ3) is 4.59. The average molecular weight is 243 g/mol. The number of carbonyl (C=O) groups excluding carboxylic acids is 1. The van der Waals surface area contributed by atoms with Gasteiger partial charge in [-0.2, -0.15) is 0 Å². The van der Waals surface area contributed by atoms with Crippen molar-refractivity contribution in [1.29, 1.82) is 0 Å². The molecule has 1 rings (SSSR count). The van der Waals surface area contributed by atoms with Crippen molar-refractivity contribution in [1.82, 2.24) is 10.3 Å². The fraction of sp³-hybridized carbons (Fsp3) is 0.600. The summed E-state index contributed by atoms with van der Waals surface area (Å²) < 4.78 is 0. The maximum Gasteiger partial charge on any atom is 0.226 e. The zero-order valence-corrected chi connectivity index (χ0v) is 10.3. The molecule has 0 aliphatic carbocycles. The molecule has 5 nitrogen and oxygen atoms in total. The first-order chi connectivity index (χ1) is 7.47. The SMILES string of the molecule is CC(O)CC(C)NC(=O)Cc1csc(N)n1. The highest BCUT2D eigenvalue weighted by molar-refractivity contribution is 7.13. The summed E-state index contributed by atoms with van der Waals surface area (Å²) in [6.45, 7) is 3.56. The van der Waals surface area contributed by atoms with Crippen molar-refractivity contribution in [3.05, 3.63) is 11.1 Å². The smallest absolute Gasteiger partial charge is 0.226 e. The molecular formula is C10H17N3O2S. The van der Waals surface area contributed by atoms with Crippen LogP contribution in [0.4, 0.5) is 5.13 Å². The molecule has 16 heavy (non-hydrogen) atoms. The van der Waals surface area contributed by atoms with E-state index in [2.05, 4.69) is 10.3 Å². The number of aliphatic hydroxyl groups is 1. The highest BCUT2D eigenvalue weighted by Crippen LogP contribution is 2.11. The molecule has 4 N–H and O–H groups in total. The first kappa shape index (κ1) is 12.9. The van der Waals surface area contributed by atoms with Gasteiger partial charge in [0.1, 0.15) is 0 Å². The number of hydrogen-bond acceptors (Lipinski definition) is 5. The van der Waals surface area contributed by atoms with Crippen LogP contribution in [0, 0.1) is 0 Å². The zero-order chi connectivity index (χ0) is 12.1. The second-order valence-electron chi connectivity index (χ2n) is 3.91. The van der Waals surface area contributed by atoms with E-state index in [-0.39, 0.29) is 18.4 Å². The van der Waals surface area contributed by atoms with Crippen molar-refractivity contribution in [3.63, 3.8) is 0 Å². The van der Waals surface area contributed by atoms with Crippen LogP contribution < -0.4 is 11.1 Å². The quantitative estimate of drug-likeness (QED) is 0.704. The summed E-state index contributed by atoms with van der Waals surface area (Å²) in [5.41, 5.74) is 6.15. The third-order valence-corrected chi connectivity index (χ3v) is 2.74. The van der Waals surface area contributed by atoms with E-state index in [1.165, 1.54) is 11.3 Å². The lowest BCUT2D eigenvalue weighted by atomic mass is 10.1. The van der Waals surface area contributed by atoms with Crippen LogP contribution in [-0.4, -0.2) is 28.1 Å². The molecule has 0 saturated heterocycles. The largest absolute Gasteiger partial charge is 0.393 e. The number of aromatic nitrogens is 1. The van der Waals surface area contributed by atoms with Gasteiger partial charge in [0.2, 0.25) is 5.91 Å². The number of hydrogen-bond donors (Lipinski definition) is 3. The van der Waals surface area contributed by atoms with Crippen LogP contribution in [0.3, 0.4) is 0 Å². The van der Waals surface area contributed by atoms with Crippen LogP contribution in [0.25, 0.3) is 0 Å². The first-order valence-corrected chi connectivity index (χ1v) is 6.02. The van der Waals surface area contributed by atoms with Crippen LogP contribution in [-0.2, 0) is 11.2 Å². The normalized spacial score (nSPS) is 14.4. The number of aliphatic hydroxyl groups excluding tert-OH is 1. The van der Waals surface area contributed by atoms with E-state index in [1.807, 2.05) is 6.92 Å². The number of nitrogens with zero attached hydrogens (tertiary/aromatic N) is 1. The fourth-order valence-electron chi connectivity index (χ4n) is 1.46. The van der Waals surface area contributed by atoms with Gasteiger partial charge in [-0.05, 0) is 20.3 Å². The fourth-order valence-corrected chi connectivity index (χ4v) is 2.03. The molecular weight excluding hydrogens is 226 g/mol. The molecule has 0 spiro atoms. The number of rotatable bonds is 5. The maximum atomic E-state index is 11.5. The van der Waals surface area contributed by atoms with Gasteiger partial charge in [0.25, 0.3) is 0 Å². The van der Waals surface area contributed by atoms with Crippen molar-refractivity contribution < 1.29 is 9.90 Å². The van der Waals surface area contributed by atoms with E-state index in [4.69, 9.17) is 10.8 Å². The molecule has 0 aromatic carbocycles. The van der Waals surface area contributed by atoms with Gasteiger partial charge in [-0.15, -0.1) is 11.3 Å². The van der Waals surface area contributed by atoms with Gasteiger partial charge < -0.3 is 16.2 Å². The second-order valence-corrected chi connectivity index (χ2v) is 4.80. The Bertz CT molecular complexity index is 352. The lowest BCUT2D eigenvalue weighted by Gasteiger charge is -2.14. The third-order valence-electron chi connectivity index (χ3n) is 2.01. The van der Waals surface area contributed by atoms with E-state index >= 15 is 0 Å². The molecule has 1 aromatic heterocycles. The summed E-state index contributed by atoms with van der Waals surface area (Å²) in [7, 11) is 0. The minimum absolute atomic E-state index is 0.0384. The van der Waals surface area contributed by atoms with Gasteiger partial charge in [-0.1, -0.05) is 0 Å². The molecule has 90 valence electrons. The van der Waals surface area contributed by atoms with E-state index in [9.17, 15) is 4.79 Å². The van der Waals surface area contributed by atoms with Crippen molar-refractivity contribution >= 4 is 22.4 Å². The number of carbonyl (C=O) groups is 1. The number of nitrogens with one attached hydrogen (secondary N) is 1. The Morgan fingerprint density at radius 3 is 2.88 bits per heavy atom. The molecule has 0 bridgehead atoms. The monoisotopic (exact) mass is 243 g/mol. The van der Waals surface area contributed by atoms with E-state index in [0.717, 1.165) is 0 Å². The van der Waals surface area contributed by atoms with E-state index in [1.54, 1.807) is 12.3 Å². The summed E-state index contributed by atoms with van der Waals surface area (Å²) in [5.74, 6) is -0.0987. The molecule has 2 unspecified atom stereocenters. The Balaban J connectivity index is 2.36.